The van der Waals surface area contributed by atoms with Crippen molar-refractivity contribution in [1.82, 2.24) is 4.90 Å². The molecule has 3 unspecified atom stereocenters. The van der Waals surface area contributed by atoms with Crippen LogP contribution in [-0.2, 0) is 0 Å². The van der Waals surface area contributed by atoms with Crippen LogP contribution < -0.4 is 5.73 Å². The maximum Gasteiger partial charge on any atom is 0.0510 e. The molecule has 0 aliphatic carbocycles. The van der Waals surface area contributed by atoms with Crippen molar-refractivity contribution in [3.05, 3.63) is 22.4 Å². The highest BCUT2D eigenvalue weighted by Crippen LogP contribution is 2.29. The zero-order chi connectivity index (χ0) is 14.3. The van der Waals surface area contributed by atoms with Gasteiger partial charge in [-0.25, -0.2) is 0 Å². The Morgan fingerprint density at radius 2 is 2.00 bits per heavy atom. The van der Waals surface area contributed by atoms with Gasteiger partial charge in [-0.1, -0.05) is 27.2 Å². The Balaban J connectivity index is 2.96. The van der Waals surface area contributed by atoms with E-state index in [1.165, 1.54) is 24.8 Å². The minimum absolute atomic E-state index is 0.223. The molecule has 0 aliphatic rings. The van der Waals surface area contributed by atoms with Gasteiger partial charge in [0.05, 0.1) is 6.04 Å². The van der Waals surface area contributed by atoms with Crippen molar-refractivity contribution in [2.24, 2.45) is 5.73 Å². The second-order valence-electron chi connectivity index (χ2n) is 5.42. The molecular formula is C16H30N2S. The average molecular weight is 282 g/mol. The molecule has 2 N–H and O–H groups in total. The van der Waals surface area contributed by atoms with Gasteiger partial charge < -0.3 is 5.73 Å². The van der Waals surface area contributed by atoms with Gasteiger partial charge in [0.1, 0.15) is 0 Å². The highest BCUT2D eigenvalue weighted by atomic mass is 32.1. The van der Waals surface area contributed by atoms with E-state index in [-0.39, 0.29) is 6.04 Å². The number of nitrogens with two attached hydrogens (primary N) is 1. The summed E-state index contributed by atoms with van der Waals surface area (Å²) in [6.07, 6.45) is 4.70. The first-order valence-electron chi connectivity index (χ1n) is 7.69. The molecule has 1 heterocycles. The van der Waals surface area contributed by atoms with E-state index in [0.29, 0.717) is 12.1 Å². The van der Waals surface area contributed by atoms with Crippen LogP contribution in [0.15, 0.2) is 16.8 Å². The second-order valence-corrected chi connectivity index (χ2v) is 6.20. The van der Waals surface area contributed by atoms with Crippen molar-refractivity contribution in [2.75, 3.05) is 6.54 Å². The number of unbranched alkanes of at least 4 members (excludes halogenated alkanes) is 1. The molecule has 3 heteroatoms. The normalized spacial score (nSPS) is 16.5. The molecule has 1 rings (SSSR count). The topological polar surface area (TPSA) is 29.3 Å². The van der Waals surface area contributed by atoms with Crippen LogP contribution in [0.3, 0.4) is 0 Å². The van der Waals surface area contributed by atoms with E-state index in [4.69, 9.17) is 5.73 Å². The van der Waals surface area contributed by atoms with Crippen LogP contribution in [0.25, 0.3) is 0 Å². The van der Waals surface area contributed by atoms with Gasteiger partial charge in [-0.15, -0.1) is 0 Å². The first kappa shape index (κ1) is 16.7. The summed E-state index contributed by atoms with van der Waals surface area (Å²) in [5, 5.41) is 4.43. The van der Waals surface area contributed by atoms with E-state index in [1.807, 2.05) is 0 Å². The van der Waals surface area contributed by atoms with Crippen molar-refractivity contribution < 1.29 is 0 Å². The van der Waals surface area contributed by atoms with Gasteiger partial charge in [0, 0.05) is 12.1 Å². The average Bonchev–Trinajstić information content (AvgIpc) is 2.95. The summed E-state index contributed by atoms with van der Waals surface area (Å²) in [6.45, 7) is 10.2. The van der Waals surface area contributed by atoms with Gasteiger partial charge in [0.2, 0.25) is 0 Å². The van der Waals surface area contributed by atoms with E-state index >= 15 is 0 Å². The van der Waals surface area contributed by atoms with E-state index in [1.54, 1.807) is 11.3 Å². The molecule has 3 atom stereocenters. The maximum atomic E-state index is 6.44. The molecule has 0 amide bonds. The van der Waals surface area contributed by atoms with Crippen LogP contribution in [-0.4, -0.2) is 23.5 Å². The predicted molar refractivity (Wildman–Crippen MR) is 86.7 cm³/mol. The lowest BCUT2D eigenvalue weighted by atomic mass is 9.96. The van der Waals surface area contributed by atoms with Gasteiger partial charge in [0.25, 0.3) is 0 Å². The Morgan fingerprint density at radius 1 is 1.26 bits per heavy atom. The van der Waals surface area contributed by atoms with E-state index < -0.39 is 0 Å². The molecule has 0 saturated carbocycles. The quantitative estimate of drug-likeness (QED) is 0.726. The third kappa shape index (κ3) is 4.59. The minimum Gasteiger partial charge on any atom is -0.326 e. The monoisotopic (exact) mass is 282 g/mol. The second kappa shape index (κ2) is 8.72. The van der Waals surface area contributed by atoms with E-state index in [2.05, 4.69) is 49.4 Å². The molecule has 0 aliphatic heterocycles. The van der Waals surface area contributed by atoms with Crippen LogP contribution in [0.1, 0.15) is 65.0 Å². The third-order valence-corrected chi connectivity index (χ3v) is 4.75. The smallest absolute Gasteiger partial charge is 0.0510 e. The zero-order valence-corrected chi connectivity index (χ0v) is 13.7. The summed E-state index contributed by atoms with van der Waals surface area (Å²) in [4.78, 5) is 2.62. The summed E-state index contributed by atoms with van der Waals surface area (Å²) in [5.74, 6) is 0. The Hall–Kier alpha value is -0.380. The van der Waals surface area contributed by atoms with Crippen molar-refractivity contribution in [2.45, 2.75) is 71.5 Å². The van der Waals surface area contributed by atoms with Crippen molar-refractivity contribution in [1.29, 1.82) is 0 Å². The fourth-order valence-corrected chi connectivity index (χ4v) is 3.25. The van der Waals surface area contributed by atoms with Crippen molar-refractivity contribution >= 4 is 11.3 Å². The van der Waals surface area contributed by atoms with Crippen LogP contribution in [0.4, 0.5) is 0 Å². The summed E-state index contributed by atoms with van der Waals surface area (Å²) >= 11 is 1.77. The summed E-state index contributed by atoms with van der Waals surface area (Å²) < 4.78 is 0. The largest absolute Gasteiger partial charge is 0.326 e. The first-order valence-corrected chi connectivity index (χ1v) is 8.63. The highest BCUT2D eigenvalue weighted by Gasteiger charge is 2.28. The molecule has 0 bridgehead atoms. The lowest BCUT2D eigenvalue weighted by Crippen LogP contribution is -2.45. The number of thiophene rings is 1. The maximum absolute atomic E-state index is 6.44. The van der Waals surface area contributed by atoms with Crippen LogP contribution in [0, 0.1) is 0 Å². The van der Waals surface area contributed by atoms with Gasteiger partial charge >= 0.3 is 0 Å². The standard InChI is InChI=1S/C16H30N2S/c1-5-8-10-18(13(4)6-2)16(15(17)7-3)14-9-11-19-12-14/h9,11-13,15-16H,5-8,10,17H2,1-4H3. The van der Waals surface area contributed by atoms with Gasteiger partial charge in [0.15, 0.2) is 0 Å². The number of hydrogen-bond acceptors (Lipinski definition) is 3. The molecule has 19 heavy (non-hydrogen) atoms. The molecule has 0 saturated heterocycles. The molecule has 1 aromatic heterocycles. The van der Waals surface area contributed by atoms with Gasteiger partial charge in [-0.3, -0.25) is 4.90 Å². The fourth-order valence-electron chi connectivity index (χ4n) is 2.56. The van der Waals surface area contributed by atoms with Gasteiger partial charge in [-0.2, -0.15) is 11.3 Å². The molecule has 0 spiro atoms. The lowest BCUT2D eigenvalue weighted by Gasteiger charge is -2.39. The number of hydrogen-bond donors (Lipinski definition) is 1. The van der Waals surface area contributed by atoms with Crippen molar-refractivity contribution in [3.8, 4) is 0 Å². The van der Waals surface area contributed by atoms with Crippen LogP contribution in [0.2, 0.25) is 0 Å². The lowest BCUT2D eigenvalue weighted by molar-refractivity contribution is 0.116. The van der Waals surface area contributed by atoms with Crippen LogP contribution >= 0.6 is 11.3 Å². The summed E-state index contributed by atoms with van der Waals surface area (Å²) in [6, 6.07) is 3.43. The first-order chi connectivity index (χ1) is 9.15. The highest BCUT2D eigenvalue weighted by molar-refractivity contribution is 7.07. The Morgan fingerprint density at radius 3 is 2.47 bits per heavy atom. The van der Waals surface area contributed by atoms with E-state index in [9.17, 15) is 0 Å². The molecule has 0 radical (unpaired) electrons. The van der Waals surface area contributed by atoms with Crippen molar-refractivity contribution in [3.63, 3.8) is 0 Å². The summed E-state index contributed by atoms with van der Waals surface area (Å²) in [7, 11) is 0. The van der Waals surface area contributed by atoms with Crippen LogP contribution in [0.5, 0.6) is 0 Å². The third-order valence-electron chi connectivity index (χ3n) is 4.05. The van der Waals surface area contributed by atoms with Gasteiger partial charge in [-0.05, 0) is 55.1 Å². The Labute approximate surface area is 123 Å². The van der Waals surface area contributed by atoms with E-state index in [0.717, 1.165) is 13.0 Å². The Kier molecular flexibility index (Phi) is 7.66. The number of rotatable bonds is 9. The fraction of sp³-hybridized carbons (Fsp3) is 0.750. The molecule has 0 aromatic carbocycles. The number of nitrogens with zero attached hydrogens (tertiary/aromatic N) is 1. The molecule has 2 nitrogen and oxygen atoms in total. The zero-order valence-electron chi connectivity index (χ0n) is 12.9. The SMILES string of the molecule is CCCCN(C(C)CC)C(c1ccsc1)C(N)CC. The predicted octanol–water partition coefficient (Wildman–Crippen LogP) is 4.43. The molecule has 1 aromatic rings. The molecule has 110 valence electrons. The molecule has 0 fully saturated rings. The Bertz CT molecular complexity index is 323. The summed E-state index contributed by atoms with van der Waals surface area (Å²) in [5.41, 5.74) is 7.84. The molecular weight excluding hydrogens is 252 g/mol. The minimum atomic E-state index is 0.223.